The molecule has 1 saturated heterocycles. The molecule has 0 saturated carbocycles. The Balaban J connectivity index is 1.79. The first-order valence-electron chi connectivity index (χ1n) is 10.1. The topological polar surface area (TPSA) is 108 Å². The first kappa shape index (κ1) is 24.3. The maximum absolute atomic E-state index is 12.3. The molecular weight excluding hydrogens is 408 g/mol. The number of hydrogen-bond acceptors (Lipinski definition) is 6. The van der Waals surface area contributed by atoms with E-state index in [1.165, 1.54) is 31.4 Å². The van der Waals surface area contributed by atoms with Crippen LogP contribution < -0.4 is 10.0 Å². The lowest BCUT2D eigenvalue weighted by molar-refractivity contribution is -0.133. The molecule has 1 aliphatic rings. The van der Waals surface area contributed by atoms with Gasteiger partial charge >= 0.3 is 0 Å². The summed E-state index contributed by atoms with van der Waals surface area (Å²) in [7, 11) is 1.41. The van der Waals surface area contributed by atoms with Gasteiger partial charge in [-0.2, -0.15) is 0 Å². The third-order valence-corrected chi connectivity index (χ3v) is 6.50. The first-order chi connectivity index (χ1) is 14.3. The van der Waals surface area contributed by atoms with Crippen LogP contribution in [-0.4, -0.2) is 90.1 Å². The van der Waals surface area contributed by atoms with E-state index >= 15 is 0 Å². The average Bonchev–Trinajstić information content (AvgIpc) is 3.19. The van der Waals surface area contributed by atoms with Crippen molar-refractivity contribution in [2.45, 2.75) is 30.2 Å². The molecule has 0 radical (unpaired) electrons. The second-order valence-corrected chi connectivity index (χ2v) is 9.22. The van der Waals surface area contributed by atoms with Gasteiger partial charge in [0, 0.05) is 46.4 Å². The molecule has 1 atom stereocenters. The number of amides is 2. The minimum Gasteiger partial charge on any atom is -0.383 e. The molecule has 1 heterocycles. The predicted octanol–water partition coefficient (Wildman–Crippen LogP) is 0.284. The van der Waals surface area contributed by atoms with Crippen molar-refractivity contribution in [3.05, 3.63) is 29.8 Å². The lowest BCUT2D eigenvalue weighted by atomic mass is 10.2. The number of nitrogens with one attached hydrogen (secondary N) is 2. The largest absolute Gasteiger partial charge is 0.383 e. The van der Waals surface area contributed by atoms with E-state index in [1.807, 2.05) is 0 Å². The molecule has 1 aliphatic heterocycles. The van der Waals surface area contributed by atoms with Gasteiger partial charge in [-0.05, 0) is 50.1 Å². The van der Waals surface area contributed by atoms with Gasteiger partial charge in [-0.15, -0.1) is 0 Å². The Morgan fingerprint density at radius 1 is 1.20 bits per heavy atom. The highest BCUT2D eigenvalue weighted by molar-refractivity contribution is 7.89. The van der Waals surface area contributed by atoms with Crippen LogP contribution in [0.25, 0.3) is 0 Å². The summed E-state index contributed by atoms with van der Waals surface area (Å²) in [5.74, 6) is -0.128. The Morgan fingerprint density at radius 3 is 2.53 bits per heavy atom. The van der Waals surface area contributed by atoms with Crippen molar-refractivity contribution in [3.8, 4) is 0 Å². The number of methoxy groups -OCH3 is 1. The number of likely N-dealkylation sites (N-methyl/N-ethyl adjacent to an activating group) is 1. The Labute approximate surface area is 178 Å². The average molecular weight is 441 g/mol. The SMILES string of the molecule is COCCNS(=O)(=O)c1ccc(C(=O)NCCCN2CCC[C@H]2C(=O)N(C)C)cc1. The predicted molar refractivity (Wildman–Crippen MR) is 114 cm³/mol. The number of carbonyl (C=O) groups excluding carboxylic acids is 2. The van der Waals surface area contributed by atoms with Gasteiger partial charge in [-0.1, -0.05) is 0 Å². The number of carbonyl (C=O) groups is 2. The molecule has 0 bridgehead atoms. The van der Waals surface area contributed by atoms with Gasteiger partial charge in [0.05, 0.1) is 17.5 Å². The highest BCUT2D eigenvalue weighted by atomic mass is 32.2. The summed E-state index contributed by atoms with van der Waals surface area (Å²) in [6.07, 6.45) is 2.62. The molecule has 0 aromatic heterocycles. The molecule has 1 aromatic rings. The Bertz CT molecular complexity index is 811. The van der Waals surface area contributed by atoms with Crippen molar-refractivity contribution >= 4 is 21.8 Å². The Kier molecular flexibility index (Phi) is 9.22. The van der Waals surface area contributed by atoms with Crippen LogP contribution in [0.15, 0.2) is 29.2 Å². The van der Waals surface area contributed by atoms with E-state index in [4.69, 9.17) is 4.74 Å². The van der Waals surface area contributed by atoms with Gasteiger partial charge in [0.1, 0.15) is 0 Å². The molecule has 2 N–H and O–H groups in total. The number of hydrogen-bond donors (Lipinski definition) is 2. The van der Waals surface area contributed by atoms with E-state index in [0.717, 1.165) is 32.4 Å². The molecule has 2 rings (SSSR count). The summed E-state index contributed by atoms with van der Waals surface area (Å²) in [5.41, 5.74) is 0.396. The summed E-state index contributed by atoms with van der Waals surface area (Å²) >= 11 is 0. The third kappa shape index (κ3) is 6.76. The van der Waals surface area contributed by atoms with Crippen LogP contribution >= 0.6 is 0 Å². The van der Waals surface area contributed by atoms with Gasteiger partial charge in [-0.25, -0.2) is 13.1 Å². The van der Waals surface area contributed by atoms with Crippen molar-refractivity contribution < 1.29 is 22.7 Å². The van der Waals surface area contributed by atoms with Crippen molar-refractivity contribution in [2.75, 3.05) is 54.0 Å². The van der Waals surface area contributed by atoms with Crippen LogP contribution in [0.4, 0.5) is 0 Å². The molecule has 0 unspecified atom stereocenters. The quantitative estimate of drug-likeness (QED) is 0.479. The smallest absolute Gasteiger partial charge is 0.251 e. The number of sulfonamides is 1. The maximum atomic E-state index is 12.3. The normalized spacial score (nSPS) is 17.1. The van der Waals surface area contributed by atoms with Gasteiger partial charge in [0.25, 0.3) is 5.91 Å². The minimum atomic E-state index is -3.62. The van der Waals surface area contributed by atoms with Gasteiger partial charge in [0.15, 0.2) is 0 Å². The number of benzene rings is 1. The van der Waals surface area contributed by atoms with Gasteiger partial charge in [0.2, 0.25) is 15.9 Å². The molecule has 0 spiro atoms. The minimum absolute atomic E-state index is 0.0670. The van der Waals surface area contributed by atoms with E-state index in [1.54, 1.807) is 19.0 Å². The fraction of sp³-hybridized carbons (Fsp3) is 0.600. The van der Waals surface area contributed by atoms with Crippen LogP contribution in [0.2, 0.25) is 0 Å². The lowest BCUT2D eigenvalue weighted by Gasteiger charge is -2.26. The highest BCUT2D eigenvalue weighted by Gasteiger charge is 2.31. The molecule has 0 aliphatic carbocycles. The zero-order valence-corrected chi connectivity index (χ0v) is 18.7. The maximum Gasteiger partial charge on any atom is 0.251 e. The molecule has 168 valence electrons. The Morgan fingerprint density at radius 2 is 1.90 bits per heavy atom. The fourth-order valence-electron chi connectivity index (χ4n) is 3.40. The summed E-state index contributed by atoms with van der Waals surface area (Å²) in [4.78, 5) is 28.4. The number of likely N-dealkylation sites (tertiary alicyclic amines) is 1. The number of nitrogens with zero attached hydrogens (tertiary/aromatic N) is 2. The molecule has 2 amide bonds. The molecule has 1 aromatic carbocycles. The number of rotatable bonds is 11. The summed E-state index contributed by atoms with van der Waals surface area (Å²) < 4.78 is 31.5. The van der Waals surface area contributed by atoms with E-state index in [-0.39, 0.29) is 35.9 Å². The fourth-order valence-corrected chi connectivity index (χ4v) is 4.42. The zero-order valence-electron chi connectivity index (χ0n) is 17.9. The van der Waals surface area contributed by atoms with E-state index in [9.17, 15) is 18.0 Å². The standard InChI is InChI=1S/C20H32N4O5S/c1-23(2)20(26)18-6-4-13-24(18)14-5-11-21-19(25)16-7-9-17(10-8-16)30(27,28)22-12-15-29-3/h7-10,18,22H,4-6,11-15H2,1-3H3,(H,21,25)/t18-/m0/s1. The van der Waals surface area contributed by atoms with E-state index in [2.05, 4.69) is 14.9 Å². The van der Waals surface area contributed by atoms with Crippen LogP contribution in [-0.2, 0) is 19.6 Å². The van der Waals surface area contributed by atoms with Crippen molar-refractivity contribution in [3.63, 3.8) is 0 Å². The van der Waals surface area contributed by atoms with Crippen LogP contribution in [0.5, 0.6) is 0 Å². The van der Waals surface area contributed by atoms with Crippen LogP contribution in [0.3, 0.4) is 0 Å². The van der Waals surface area contributed by atoms with Crippen LogP contribution in [0.1, 0.15) is 29.6 Å². The third-order valence-electron chi connectivity index (χ3n) is 5.02. The molecule has 1 fully saturated rings. The second-order valence-electron chi connectivity index (χ2n) is 7.45. The Hall–Kier alpha value is -2.01. The van der Waals surface area contributed by atoms with Gasteiger partial charge in [-0.3, -0.25) is 14.5 Å². The van der Waals surface area contributed by atoms with E-state index in [0.29, 0.717) is 12.1 Å². The number of ether oxygens (including phenoxy) is 1. The molecular formula is C20H32N4O5S. The monoisotopic (exact) mass is 440 g/mol. The van der Waals surface area contributed by atoms with Crippen molar-refractivity contribution in [1.82, 2.24) is 19.8 Å². The van der Waals surface area contributed by atoms with Gasteiger partial charge < -0.3 is 15.0 Å². The zero-order chi connectivity index (χ0) is 22.1. The van der Waals surface area contributed by atoms with Crippen molar-refractivity contribution in [1.29, 1.82) is 0 Å². The summed E-state index contributed by atoms with van der Waals surface area (Å²) in [6, 6.07) is 5.74. The summed E-state index contributed by atoms with van der Waals surface area (Å²) in [6.45, 7) is 2.58. The van der Waals surface area contributed by atoms with E-state index < -0.39 is 10.0 Å². The van der Waals surface area contributed by atoms with Crippen LogP contribution in [0, 0.1) is 0 Å². The molecule has 9 nitrogen and oxygen atoms in total. The lowest BCUT2D eigenvalue weighted by Crippen LogP contribution is -2.43. The summed E-state index contributed by atoms with van der Waals surface area (Å²) in [5, 5.41) is 2.85. The second kappa shape index (κ2) is 11.4. The first-order valence-corrected chi connectivity index (χ1v) is 11.6. The highest BCUT2D eigenvalue weighted by Crippen LogP contribution is 2.18. The molecule has 10 heteroatoms. The van der Waals surface area contributed by atoms with Crippen molar-refractivity contribution in [2.24, 2.45) is 0 Å². The molecule has 30 heavy (non-hydrogen) atoms.